The molecule has 176 valence electrons. The van der Waals surface area contributed by atoms with Gasteiger partial charge in [-0.05, 0) is 73.5 Å². The van der Waals surface area contributed by atoms with Crippen LogP contribution in [0.2, 0.25) is 0 Å². The lowest BCUT2D eigenvalue weighted by Gasteiger charge is -2.23. The Bertz CT molecular complexity index is 1490. The molecule has 1 fully saturated rings. The highest BCUT2D eigenvalue weighted by atomic mass is 79.9. The van der Waals surface area contributed by atoms with E-state index in [1.807, 2.05) is 56.3 Å². The van der Waals surface area contributed by atoms with Crippen LogP contribution in [0.4, 0.5) is 5.13 Å². The van der Waals surface area contributed by atoms with Crippen molar-refractivity contribution in [1.29, 1.82) is 0 Å². The number of aliphatic hydroxyl groups excluding tert-OH is 1. The molecule has 1 N–H and O–H groups in total. The fourth-order valence-electron chi connectivity index (χ4n) is 4.18. The summed E-state index contributed by atoms with van der Waals surface area (Å²) in [6, 6.07) is 19.2. The number of carbonyl (C=O) groups excluding carboxylic acids is 2. The number of amides is 1. The first-order chi connectivity index (χ1) is 16.9. The number of Topliss-reactive ketones (excluding diaryl/α,β-unsaturated/α-hetero) is 1. The van der Waals surface area contributed by atoms with Crippen LogP contribution < -0.4 is 9.64 Å². The molecule has 1 aliphatic rings. The molecule has 1 atom stereocenters. The third-order valence-corrected chi connectivity index (χ3v) is 7.30. The lowest BCUT2D eigenvalue weighted by atomic mass is 9.95. The van der Waals surface area contributed by atoms with Gasteiger partial charge in [0.2, 0.25) is 0 Å². The largest absolute Gasteiger partial charge is 0.507 e. The van der Waals surface area contributed by atoms with E-state index in [0.29, 0.717) is 28.6 Å². The second-order valence-electron chi connectivity index (χ2n) is 8.15. The molecule has 0 saturated carbocycles. The van der Waals surface area contributed by atoms with Gasteiger partial charge in [-0.1, -0.05) is 45.5 Å². The smallest absolute Gasteiger partial charge is 0.301 e. The Morgan fingerprint density at radius 1 is 1.11 bits per heavy atom. The van der Waals surface area contributed by atoms with Crippen LogP contribution in [0.5, 0.6) is 5.75 Å². The maximum Gasteiger partial charge on any atom is 0.301 e. The van der Waals surface area contributed by atoms with Crippen LogP contribution in [0, 0.1) is 6.92 Å². The van der Waals surface area contributed by atoms with E-state index in [4.69, 9.17) is 4.74 Å². The van der Waals surface area contributed by atoms with Crippen molar-refractivity contribution in [2.24, 2.45) is 0 Å². The van der Waals surface area contributed by atoms with Gasteiger partial charge >= 0.3 is 5.91 Å². The lowest BCUT2D eigenvalue weighted by Crippen LogP contribution is -2.29. The number of anilines is 1. The van der Waals surface area contributed by atoms with Crippen LogP contribution >= 0.6 is 27.3 Å². The summed E-state index contributed by atoms with van der Waals surface area (Å²) in [5.74, 6) is -1.07. The molecule has 5 rings (SSSR count). The minimum atomic E-state index is -0.833. The molecule has 0 spiro atoms. The van der Waals surface area contributed by atoms with Gasteiger partial charge < -0.3 is 9.84 Å². The van der Waals surface area contributed by atoms with Crippen LogP contribution in [0.3, 0.4) is 0 Å². The van der Waals surface area contributed by atoms with E-state index in [-0.39, 0.29) is 11.3 Å². The molecular weight excluding hydrogens is 528 g/mol. The van der Waals surface area contributed by atoms with E-state index < -0.39 is 17.7 Å². The number of hydrogen-bond donors (Lipinski definition) is 1. The third kappa shape index (κ3) is 4.24. The number of fused-ring (bicyclic) bond motifs is 1. The molecule has 6 nitrogen and oxygen atoms in total. The zero-order valence-corrected chi connectivity index (χ0v) is 21.4. The zero-order chi connectivity index (χ0) is 24.7. The molecule has 1 unspecified atom stereocenters. The first-order valence-electron chi connectivity index (χ1n) is 11.0. The number of thiazole rings is 1. The SMILES string of the molecule is CCOc1ccc(/C(O)=C2\C(=O)C(=O)N(c3nc4ccc(C)cc4s3)C2c2cccc(Br)c2)cc1. The van der Waals surface area contributed by atoms with Gasteiger partial charge in [-0.25, -0.2) is 4.98 Å². The second-order valence-corrected chi connectivity index (χ2v) is 10.1. The highest BCUT2D eigenvalue weighted by molar-refractivity contribution is 9.10. The molecule has 4 aromatic rings. The van der Waals surface area contributed by atoms with Crippen LogP contribution in [-0.4, -0.2) is 28.4 Å². The van der Waals surface area contributed by atoms with Crippen molar-refractivity contribution in [3.05, 3.63) is 93.5 Å². The summed E-state index contributed by atoms with van der Waals surface area (Å²) in [5, 5.41) is 11.7. The first kappa shape index (κ1) is 23.3. The monoisotopic (exact) mass is 548 g/mol. The van der Waals surface area contributed by atoms with Crippen molar-refractivity contribution in [3.8, 4) is 5.75 Å². The van der Waals surface area contributed by atoms with Gasteiger partial charge in [0.1, 0.15) is 11.5 Å². The van der Waals surface area contributed by atoms with Crippen molar-refractivity contribution in [2.45, 2.75) is 19.9 Å². The average molecular weight is 549 g/mol. The predicted octanol–water partition coefficient (Wildman–Crippen LogP) is 6.39. The van der Waals surface area contributed by atoms with E-state index >= 15 is 0 Å². The highest BCUT2D eigenvalue weighted by Crippen LogP contribution is 2.44. The van der Waals surface area contributed by atoms with Gasteiger partial charge in [0.25, 0.3) is 5.78 Å². The number of halogens is 1. The van der Waals surface area contributed by atoms with E-state index in [1.165, 1.54) is 16.2 Å². The number of benzene rings is 3. The topological polar surface area (TPSA) is 79.7 Å². The highest BCUT2D eigenvalue weighted by Gasteiger charge is 2.48. The molecule has 1 aliphatic heterocycles. The Kier molecular flexibility index (Phi) is 6.17. The number of ether oxygens (including phenoxy) is 1. The van der Waals surface area contributed by atoms with E-state index in [0.717, 1.165) is 20.3 Å². The van der Waals surface area contributed by atoms with Crippen LogP contribution in [0.1, 0.15) is 29.7 Å². The number of rotatable bonds is 5. The summed E-state index contributed by atoms with van der Waals surface area (Å²) in [5.41, 5.74) is 2.95. The molecule has 0 bridgehead atoms. The molecule has 1 saturated heterocycles. The Morgan fingerprint density at radius 2 is 1.89 bits per heavy atom. The Hall–Kier alpha value is -3.49. The normalized spacial score (nSPS) is 17.3. The lowest BCUT2D eigenvalue weighted by molar-refractivity contribution is -0.132. The van der Waals surface area contributed by atoms with Gasteiger partial charge in [-0.15, -0.1) is 0 Å². The summed E-state index contributed by atoms with van der Waals surface area (Å²) in [6.45, 7) is 4.39. The molecular formula is C27H21BrN2O4S. The number of hydrogen-bond acceptors (Lipinski definition) is 6. The zero-order valence-electron chi connectivity index (χ0n) is 19.0. The van der Waals surface area contributed by atoms with E-state index in [2.05, 4.69) is 20.9 Å². The van der Waals surface area contributed by atoms with Gasteiger partial charge in [0.15, 0.2) is 5.13 Å². The molecule has 1 aromatic heterocycles. The molecule has 1 amide bonds. The van der Waals surface area contributed by atoms with Crippen molar-refractivity contribution in [1.82, 2.24) is 4.98 Å². The summed E-state index contributed by atoms with van der Waals surface area (Å²) < 4.78 is 7.19. The number of ketones is 1. The summed E-state index contributed by atoms with van der Waals surface area (Å²) in [6.07, 6.45) is 0. The van der Waals surface area contributed by atoms with Crippen molar-refractivity contribution in [2.75, 3.05) is 11.5 Å². The van der Waals surface area contributed by atoms with E-state index in [9.17, 15) is 14.7 Å². The average Bonchev–Trinajstić information content (AvgIpc) is 3.37. The molecule has 8 heteroatoms. The van der Waals surface area contributed by atoms with Crippen molar-refractivity contribution >= 4 is 60.1 Å². The number of nitrogens with zero attached hydrogens (tertiary/aromatic N) is 2. The quantitative estimate of drug-likeness (QED) is 0.177. The molecule has 3 aromatic carbocycles. The Morgan fingerprint density at radius 3 is 2.60 bits per heavy atom. The van der Waals surface area contributed by atoms with Crippen LogP contribution in [0.15, 0.2) is 76.8 Å². The van der Waals surface area contributed by atoms with E-state index in [1.54, 1.807) is 24.3 Å². The molecule has 2 heterocycles. The van der Waals surface area contributed by atoms with Gasteiger partial charge in [0, 0.05) is 10.0 Å². The Labute approximate surface area is 214 Å². The number of carbonyl (C=O) groups is 2. The number of aliphatic hydroxyl groups is 1. The number of aryl methyl sites for hydroxylation is 1. The summed E-state index contributed by atoms with van der Waals surface area (Å²) in [4.78, 5) is 32.8. The summed E-state index contributed by atoms with van der Waals surface area (Å²) in [7, 11) is 0. The van der Waals surface area contributed by atoms with Crippen LogP contribution in [0.25, 0.3) is 16.0 Å². The van der Waals surface area contributed by atoms with Crippen LogP contribution in [-0.2, 0) is 9.59 Å². The maximum absolute atomic E-state index is 13.4. The van der Waals surface area contributed by atoms with Gasteiger partial charge in [-0.2, -0.15) is 0 Å². The van der Waals surface area contributed by atoms with Gasteiger partial charge in [0.05, 0.1) is 28.4 Å². The van der Waals surface area contributed by atoms with Gasteiger partial charge in [-0.3, -0.25) is 14.5 Å². The minimum Gasteiger partial charge on any atom is -0.507 e. The Balaban J connectivity index is 1.69. The molecule has 0 radical (unpaired) electrons. The number of aromatic nitrogens is 1. The maximum atomic E-state index is 13.4. The van der Waals surface area contributed by atoms with Crippen molar-refractivity contribution < 1.29 is 19.4 Å². The standard InChI is InChI=1S/C27H21BrN2O4S/c1-3-34-19-10-8-16(9-11-19)24(31)22-23(17-5-4-6-18(28)14-17)30(26(33)25(22)32)27-29-20-12-7-15(2)13-21(20)35-27/h4-14,23,31H,3H2,1-2H3/b24-22+. The first-order valence-corrected chi connectivity index (χ1v) is 12.6. The van der Waals surface area contributed by atoms with Crippen molar-refractivity contribution in [3.63, 3.8) is 0 Å². The fourth-order valence-corrected chi connectivity index (χ4v) is 5.68. The fraction of sp³-hybridized carbons (Fsp3) is 0.148. The summed E-state index contributed by atoms with van der Waals surface area (Å²) >= 11 is 4.83. The predicted molar refractivity (Wildman–Crippen MR) is 141 cm³/mol. The third-order valence-electron chi connectivity index (χ3n) is 5.79. The second kappa shape index (κ2) is 9.28. The molecule has 0 aliphatic carbocycles. The minimum absolute atomic E-state index is 0.0210. The molecule has 35 heavy (non-hydrogen) atoms.